The zero-order chi connectivity index (χ0) is 12.4. The number of ether oxygens (including phenoxy) is 1. The average molecular weight is 240 g/mol. The van der Waals surface area contributed by atoms with Gasteiger partial charge in [0, 0.05) is 6.61 Å². The second-order valence-corrected chi connectivity index (χ2v) is 5.11. The second kappa shape index (κ2) is 5.36. The first-order valence-corrected chi connectivity index (χ1v) is 6.88. The Morgan fingerprint density at radius 3 is 2.76 bits per heavy atom. The number of carbonyl (C=O) groups is 1. The lowest BCUT2D eigenvalue weighted by molar-refractivity contribution is -0.133. The van der Waals surface area contributed by atoms with Crippen LogP contribution in [0.4, 0.5) is 0 Å². The fourth-order valence-corrected chi connectivity index (χ4v) is 3.01. The Bertz CT molecular complexity index is 283. The van der Waals surface area contributed by atoms with E-state index < -0.39 is 0 Å². The van der Waals surface area contributed by atoms with Gasteiger partial charge in [-0.2, -0.15) is 0 Å². The van der Waals surface area contributed by atoms with Gasteiger partial charge in [0.1, 0.15) is 0 Å². The third-order valence-electron chi connectivity index (χ3n) is 3.94. The highest BCUT2D eigenvalue weighted by atomic mass is 16.5. The van der Waals surface area contributed by atoms with Gasteiger partial charge >= 0.3 is 0 Å². The van der Waals surface area contributed by atoms with Crippen LogP contribution >= 0.6 is 0 Å². The predicted octanol–water partition coefficient (Wildman–Crippen LogP) is 1.50. The van der Waals surface area contributed by atoms with E-state index in [0.717, 1.165) is 32.3 Å². The van der Waals surface area contributed by atoms with Gasteiger partial charge in [0.25, 0.3) is 0 Å². The number of amides is 1. The third kappa shape index (κ3) is 2.33. The van der Waals surface area contributed by atoms with Gasteiger partial charge in [-0.3, -0.25) is 10.1 Å². The summed E-state index contributed by atoms with van der Waals surface area (Å²) < 4.78 is 5.59. The molecule has 1 N–H and O–H groups in total. The highest BCUT2D eigenvalue weighted by molar-refractivity contribution is 5.84. The molecule has 2 rings (SSSR count). The topological polar surface area (TPSA) is 41.6 Å². The van der Waals surface area contributed by atoms with Crippen molar-refractivity contribution in [3.8, 4) is 0 Å². The highest BCUT2D eigenvalue weighted by Gasteiger charge is 2.44. The minimum absolute atomic E-state index is 0.0257. The van der Waals surface area contributed by atoms with Gasteiger partial charge in [0.2, 0.25) is 5.91 Å². The first-order chi connectivity index (χ1) is 8.19. The fraction of sp³-hybridized carbons (Fsp3) is 0.923. The Hall–Kier alpha value is -0.610. The molecule has 0 saturated carbocycles. The monoisotopic (exact) mass is 240 g/mol. The average Bonchev–Trinajstić information content (AvgIpc) is 2.85. The van der Waals surface area contributed by atoms with Gasteiger partial charge in [-0.15, -0.1) is 0 Å². The summed E-state index contributed by atoms with van der Waals surface area (Å²) in [6, 6.07) is 0.291. The van der Waals surface area contributed by atoms with Crippen LogP contribution in [0.15, 0.2) is 0 Å². The van der Waals surface area contributed by atoms with Crippen LogP contribution in [0.25, 0.3) is 0 Å². The minimum atomic E-state index is 0.0257. The van der Waals surface area contributed by atoms with Gasteiger partial charge < -0.3 is 9.64 Å². The summed E-state index contributed by atoms with van der Waals surface area (Å²) in [7, 11) is 0. The molecular formula is C13H24N2O2. The van der Waals surface area contributed by atoms with Crippen molar-refractivity contribution in [1.29, 1.82) is 0 Å². The Morgan fingerprint density at radius 1 is 1.47 bits per heavy atom. The smallest absolute Gasteiger partial charge is 0.241 e. The first kappa shape index (κ1) is 12.8. The molecule has 4 unspecified atom stereocenters. The van der Waals surface area contributed by atoms with E-state index in [1.54, 1.807) is 0 Å². The molecule has 0 aromatic rings. The maximum Gasteiger partial charge on any atom is 0.241 e. The fourth-order valence-electron chi connectivity index (χ4n) is 3.01. The first-order valence-electron chi connectivity index (χ1n) is 6.88. The number of rotatable bonds is 4. The van der Waals surface area contributed by atoms with Crippen LogP contribution in [0, 0.1) is 0 Å². The minimum Gasteiger partial charge on any atom is -0.376 e. The molecule has 2 saturated heterocycles. The van der Waals surface area contributed by atoms with E-state index in [-0.39, 0.29) is 30.3 Å². The van der Waals surface area contributed by atoms with Crippen molar-refractivity contribution < 1.29 is 9.53 Å². The van der Waals surface area contributed by atoms with Crippen LogP contribution in [0.1, 0.15) is 46.5 Å². The van der Waals surface area contributed by atoms with Crippen molar-refractivity contribution in [2.24, 2.45) is 0 Å². The van der Waals surface area contributed by atoms with Crippen molar-refractivity contribution in [3.05, 3.63) is 0 Å². The second-order valence-electron chi connectivity index (χ2n) is 5.11. The molecule has 2 fully saturated rings. The molecule has 4 nitrogen and oxygen atoms in total. The molecule has 2 heterocycles. The summed E-state index contributed by atoms with van der Waals surface area (Å²) in [5.41, 5.74) is 0. The normalized spacial score (nSPS) is 38.1. The van der Waals surface area contributed by atoms with E-state index >= 15 is 0 Å². The highest BCUT2D eigenvalue weighted by Crippen LogP contribution is 2.27. The molecule has 0 aromatic heterocycles. The summed E-state index contributed by atoms with van der Waals surface area (Å²) in [4.78, 5) is 14.5. The number of carbonyl (C=O) groups excluding carboxylic acids is 1. The molecule has 0 aromatic carbocycles. The number of nitrogens with one attached hydrogen (secondary N) is 1. The number of nitrogens with zero attached hydrogens (tertiary/aromatic N) is 1. The van der Waals surface area contributed by atoms with Gasteiger partial charge in [0.15, 0.2) is 0 Å². The molecule has 0 aliphatic carbocycles. The lowest BCUT2D eigenvalue weighted by Crippen LogP contribution is -2.47. The molecule has 17 heavy (non-hydrogen) atoms. The molecule has 0 radical (unpaired) electrons. The van der Waals surface area contributed by atoms with Crippen LogP contribution in [-0.2, 0) is 9.53 Å². The standard InChI is InChI=1S/C13H24N2O2/c1-4-6-10-13(16)15(12(5-2)14-10)11-7-8-17-9(11)3/h9-12,14H,4-8H2,1-3H3. The molecular weight excluding hydrogens is 216 g/mol. The van der Waals surface area contributed by atoms with Crippen molar-refractivity contribution >= 4 is 5.91 Å². The molecule has 0 bridgehead atoms. The molecule has 1 amide bonds. The lowest BCUT2D eigenvalue weighted by Gasteiger charge is -2.31. The van der Waals surface area contributed by atoms with Crippen molar-refractivity contribution in [3.63, 3.8) is 0 Å². The van der Waals surface area contributed by atoms with Crippen molar-refractivity contribution in [2.45, 2.75) is 70.8 Å². The van der Waals surface area contributed by atoms with Gasteiger partial charge in [0.05, 0.1) is 24.4 Å². The molecule has 2 aliphatic rings. The van der Waals surface area contributed by atoms with Crippen LogP contribution in [-0.4, -0.2) is 41.8 Å². The zero-order valence-electron chi connectivity index (χ0n) is 11.1. The summed E-state index contributed by atoms with van der Waals surface area (Å²) in [6.07, 6.45) is 4.31. The predicted molar refractivity (Wildman–Crippen MR) is 66.6 cm³/mol. The summed E-state index contributed by atoms with van der Waals surface area (Å²) in [5.74, 6) is 0.279. The molecule has 2 aliphatic heterocycles. The van der Waals surface area contributed by atoms with Crippen LogP contribution in [0.5, 0.6) is 0 Å². The maximum absolute atomic E-state index is 12.4. The Labute approximate surface area is 104 Å². The van der Waals surface area contributed by atoms with E-state index in [0.29, 0.717) is 0 Å². The van der Waals surface area contributed by atoms with Crippen molar-refractivity contribution in [2.75, 3.05) is 6.61 Å². The largest absolute Gasteiger partial charge is 0.376 e. The van der Waals surface area contributed by atoms with Crippen LogP contribution in [0.2, 0.25) is 0 Å². The maximum atomic E-state index is 12.4. The van der Waals surface area contributed by atoms with E-state index in [9.17, 15) is 4.79 Å². The summed E-state index contributed by atoms with van der Waals surface area (Å²) in [5, 5.41) is 3.46. The van der Waals surface area contributed by atoms with Gasteiger partial charge in [-0.05, 0) is 26.2 Å². The summed E-state index contributed by atoms with van der Waals surface area (Å²) in [6.45, 7) is 7.11. The SMILES string of the molecule is CCCC1NC(CC)N(C2CCOC2C)C1=O. The van der Waals surface area contributed by atoms with Crippen LogP contribution < -0.4 is 5.32 Å². The van der Waals surface area contributed by atoms with Crippen LogP contribution in [0.3, 0.4) is 0 Å². The number of hydrogen-bond acceptors (Lipinski definition) is 3. The van der Waals surface area contributed by atoms with E-state index in [2.05, 4.69) is 31.0 Å². The molecule has 4 heteroatoms. The lowest BCUT2D eigenvalue weighted by atomic mass is 10.1. The molecule has 98 valence electrons. The molecule has 4 atom stereocenters. The summed E-state index contributed by atoms with van der Waals surface area (Å²) >= 11 is 0. The zero-order valence-corrected chi connectivity index (χ0v) is 11.1. The Morgan fingerprint density at radius 2 is 2.24 bits per heavy atom. The number of hydrogen-bond donors (Lipinski definition) is 1. The quantitative estimate of drug-likeness (QED) is 0.809. The third-order valence-corrected chi connectivity index (χ3v) is 3.94. The Kier molecular flexibility index (Phi) is 4.05. The Balaban J connectivity index is 2.10. The van der Waals surface area contributed by atoms with Crippen molar-refractivity contribution in [1.82, 2.24) is 10.2 Å². The van der Waals surface area contributed by atoms with E-state index in [1.165, 1.54) is 0 Å². The van der Waals surface area contributed by atoms with E-state index in [1.807, 2.05) is 0 Å². The van der Waals surface area contributed by atoms with E-state index in [4.69, 9.17) is 4.74 Å². The van der Waals surface area contributed by atoms with Gasteiger partial charge in [-0.25, -0.2) is 0 Å². The van der Waals surface area contributed by atoms with Gasteiger partial charge in [-0.1, -0.05) is 20.3 Å². The molecule has 0 spiro atoms.